The number of rotatable bonds is 5. The van der Waals surface area contributed by atoms with Crippen molar-refractivity contribution in [2.24, 2.45) is 5.92 Å². The minimum absolute atomic E-state index is 0.108. The summed E-state index contributed by atoms with van der Waals surface area (Å²) in [5.41, 5.74) is 0.915. The molecule has 0 aliphatic heterocycles. The number of methoxy groups -OCH3 is 1. The van der Waals surface area contributed by atoms with Crippen molar-refractivity contribution in [2.45, 2.75) is 19.4 Å². The average molecular weight is 253 g/mol. The van der Waals surface area contributed by atoms with Crippen molar-refractivity contribution in [3.05, 3.63) is 35.6 Å². The van der Waals surface area contributed by atoms with Crippen LogP contribution in [0, 0.1) is 11.7 Å². The fourth-order valence-electron chi connectivity index (χ4n) is 2.22. The highest BCUT2D eigenvalue weighted by atomic mass is 19.1. The Bertz CT molecular complexity index is 389. The van der Waals surface area contributed by atoms with Crippen LogP contribution in [0.5, 0.6) is 0 Å². The Hall–Kier alpha value is -1.42. The highest BCUT2D eigenvalue weighted by Gasteiger charge is 2.30. The fraction of sp³-hybridized carbons (Fsp3) is 0.500. The van der Waals surface area contributed by atoms with Crippen LogP contribution >= 0.6 is 0 Å². The fourth-order valence-corrected chi connectivity index (χ4v) is 2.22. The summed E-state index contributed by atoms with van der Waals surface area (Å²) in [5, 5.41) is 0. The summed E-state index contributed by atoms with van der Waals surface area (Å²) in [6.07, 6.45) is 0.674. The molecule has 0 saturated heterocycles. The second kappa shape index (κ2) is 6.50. The zero-order valence-corrected chi connectivity index (χ0v) is 11.3. The molecule has 0 heterocycles. The van der Waals surface area contributed by atoms with E-state index >= 15 is 0 Å². The van der Waals surface area contributed by atoms with Gasteiger partial charge in [0, 0.05) is 6.04 Å². The van der Waals surface area contributed by atoms with Crippen LogP contribution < -0.4 is 0 Å². The number of carbonyl (C=O) groups excluding carboxylic acids is 1. The third-order valence-electron chi connectivity index (χ3n) is 3.09. The number of benzene rings is 1. The Morgan fingerprint density at radius 3 is 2.28 bits per heavy atom. The van der Waals surface area contributed by atoms with Gasteiger partial charge in [-0.25, -0.2) is 4.39 Å². The third kappa shape index (κ3) is 3.29. The quantitative estimate of drug-likeness (QED) is 0.755. The molecule has 1 aromatic rings. The maximum Gasteiger partial charge on any atom is 0.310 e. The van der Waals surface area contributed by atoms with Crippen LogP contribution in [-0.4, -0.2) is 32.1 Å². The van der Waals surface area contributed by atoms with E-state index in [0.717, 1.165) is 5.56 Å². The normalized spacial score (nSPS) is 14.3. The van der Waals surface area contributed by atoms with Gasteiger partial charge in [0.25, 0.3) is 0 Å². The van der Waals surface area contributed by atoms with E-state index in [2.05, 4.69) is 0 Å². The first kappa shape index (κ1) is 14.6. The predicted molar refractivity (Wildman–Crippen MR) is 68.6 cm³/mol. The summed E-state index contributed by atoms with van der Waals surface area (Å²) in [4.78, 5) is 13.8. The first-order chi connectivity index (χ1) is 8.51. The standard InChI is InChI=1S/C14H20FNO2/c1-5-12(14(17)18-4)13(16(2)3)10-6-8-11(15)9-7-10/h6-9,12-13H,5H2,1-4H3. The van der Waals surface area contributed by atoms with Crippen LogP contribution in [0.4, 0.5) is 4.39 Å². The number of esters is 1. The highest BCUT2D eigenvalue weighted by Crippen LogP contribution is 2.30. The Morgan fingerprint density at radius 1 is 1.33 bits per heavy atom. The predicted octanol–water partition coefficient (Wildman–Crippen LogP) is 2.63. The molecule has 0 N–H and O–H groups in total. The van der Waals surface area contributed by atoms with Gasteiger partial charge in [-0.3, -0.25) is 4.79 Å². The molecule has 2 unspecified atom stereocenters. The van der Waals surface area contributed by atoms with E-state index in [1.54, 1.807) is 12.1 Å². The highest BCUT2D eigenvalue weighted by molar-refractivity contribution is 5.73. The molecule has 0 fully saturated rings. The van der Waals surface area contributed by atoms with Crippen LogP contribution in [0.15, 0.2) is 24.3 Å². The Morgan fingerprint density at radius 2 is 1.89 bits per heavy atom. The van der Waals surface area contributed by atoms with Crippen molar-refractivity contribution in [1.29, 1.82) is 0 Å². The lowest BCUT2D eigenvalue weighted by atomic mass is 9.90. The number of hydrogen-bond acceptors (Lipinski definition) is 3. The molecular weight excluding hydrogens is 233 g/mol. The molecule has 0 bridgehead atoms. The maximum absolute atomic E-state index is 13.0. The summed E-state index contributed by atoms with van der Waals surface area (Å²) < 4.78 is 17.8. The van der Waals surface area contributed by atoms with Gasteiger partial charge in [-0.2, -0.15) is 0 Å². The third-order valence-corrected chi connectivity index (χ3v) is 3.09. The lowest BCUT2D eigenvalue weighted by Gasteiger charge is -2.30. The summed E-state index contributed by atoms with van der Waals surface area (Å²) in [7, 11) is 5.20. The molecule has 1 rings (SSSR count). The van der Waals surface area contributed by atoms with Crippen LogP contribution in [0.2, 0.25) is 0 Å². The van der Waals surface area contributed by atoms with E-state index in [9.17, 15) is 9.18 Å². The summed E-state index contributed by atoms with van der Waals surface area (Å²) in [6.45, 7) is 1.95. The van der Waals surface area contributed by atoms with Gasteiger partial charge >= 0.3 is 5.97 Å². The minimum Gasteiger partial charge on any atom is -0.469 e. The van der Waals surface area contributed by atoms with Gasteiger partial charge in [-0.1, -0.05) is 19.1 Å². The zero-order chi connectivity index (χ0) is 13.7. The first-order valence-corrected chi connectivity index (χ1v) is 6.01. The first-order valence-electron chi connectivity index (χ1n) is 6.01. The lowest BCUT2D eigenvalue weighted by Crippen LogP contribution is -2.32. The van der Waals surface area contributed by atoms with Crippen LogP contribution in [-0.2, 0) is 9.53 Å². The van der Waals surface area contributed by atoms with E-state index < -0.39 is 0 Å². The van der Waals surface area contributed by atoms with E-state index in [4.69, 9.17) is 4.74 Å². The number of nitrogens with zero attached hydrogens (tertiary/aromatic N) is 1. The Kier molecular flexibility index (Phi) is 5.28. The molecule has 0 aromatic heterocycles. The van der Waals surface area contributed by atoms with Crippen molar-refractivity contribution in [3.63, 3.8) is 0 Å². The Labute approximate surface area is 108 Å². The van der Waals surface area contributed by atoms with Crippen LogP contribution in [0.3, 0.4) is 0 Å². The van der Waals surface area contributed by atoms with Crippen molar-refractivity contribution in [3.8, 4) is 0 Å². The molecular formula is C14H20FNO2. The van der Waals surface area contributed by atoms with Crippen molar-refractivity contribution < 1.29 is 13.9 Å². The topological polar surface area (TPSA) is 29.5 Å². The molecule has 3 nitrogen and oxygen atoms in total. The van der Waals surface area contributed by atoms with Gasteiger partial charge in [0.2, 0.25) is 0 Å². The van der Waals surface area contributed by atoms with Crippen LogP contribution in [0.25, 0.3) is 0 Å². The van der Waals surface area contributed by atoms with Gasteiger partial charge in [0.15, 0.2) is 0 Å². The molecule has 0 amide bonds. The summed E-state index contributed by atoms with van der Waals surface area (Å²) in [6, 6.07) is 6.14. The molecule has 2 atom stereocenters. The second-order valence-electron chi connectivity index (χ2n) is 4.50. The van der Waals surface area contributed by atoms with Gasteiger partial charge < -0.3 is 9.64 Å². The minimum atomic E-state index is -0.276. The van der Waals surface area contributed by atoms with Crippen molar-refractivity contribution >= 4 is 5.97 Å². The largest absolute Gasteiger partial charge is 0.469 e. The van der Waals surface area contributed by atoms with Gasteiger partial charge in [0.05, 0.1) is 13.0 Å². The molecule has 4 heteroatoms. The average Bonchev–Trinajstić information content (AvgIpc) is 2.36. The van der Waals surface area contributed by atoms with Gasteiger partial charge in [-0.15, -0.1) is 0 Å². The summed E-state index contributed by atoms with van der Waals surface area (Å²) in [5.74, 6) is -0.765. The van der Waals surface area contributed by atoms with Crippen molar-refractivity contribution in [2.75, 3.05) is 21.2 Å². The monoisotopic (exact) mass is 253 g/mol. The summed E-state index contributed by atoms with van der Waals surface area (Å²) >= 11 is 0. The molecule has 0 saturated carbocycles. The maximum atomic E-state index is 13.0. The molecule has 18 heavy (non-hydrogen) atoms. The molecule has 0 radical (unpaired) electrons. The van der Waals surface area contributed by atoms with Gasteiger partial charge in [0.1, 0.15) is 5.82 Å². The molecule has 0 aliphatic rings. The van der Waals surface area contributed by atoms with Gasteiger partial charge in [-0.05, 0) is 38.2 Å². The van der Waals surface area contributed by atoms with Crippen molar-refractivity contribution in [1.82, 2.24) is 4.90 Å². The number of halogens is 1. The molecule has 1 aromatic carbocycles. The smallest absolute Gasteiger partial charge is 0.310 e. The SMILES string of the molecule is CCC(C(=O)OC)C(c1ccc(F)cc1)N(C)C. The molecule has 0 spiro atoms. The van der Waals surface area contributed by atoms with E-state index in [-0.39, 0.29) is 23.7 Å². The lowest BCUT2D eigenvalue weighted by molar-refractivity contribution is -0.148. The number of carbonyl (C=O) groups is 1. The second-order valence-corrected chi connectivity index (χ2v) is 4.50. The number of hydrogen-bond donors (Lipinski definition) is 0. The molecule has 100 valence electrons. The molecule has 0 aliphatic carbocycles. The zero-order valence-electron chi connectivity index (χ0n) is 11.3. The van der Waals surface area contributed by atoms with E-state index in [1.165, 1.54) is 19.2 Å². The Balaban J connectivity index is 3.08. The van der Waals surface area contributed by atoms with E-state index in [0.29, 0.717) is 6.42 Å². The number of ether oxygens (including phenoxy) is 1. The van der Waals surface area contributed by atoms with E-state index in [1.807, 2.05) is 25.9 Å². The van der Waals surface area contributed by atoms with Crippen LogP contribution in [0.1, 0.15) is 24.9 Å².